The second-order valence-electron chi connectivity index (χ2n) is 12.3. The van der Waals surface area contributed by atoms with Crippen molar-refractivity contribution in [2.24, 2.45) is 17.8 Å². The molecule has 1 aliphatic heterocycles. The molecule has 0 spiro atoms. The van der Waals surface area contributed by atoms with Gasteiger partial charge in [0, 0.05) is 18.4 Å². The van der Waals surface area contributed by atoms with Crippen molar-refractivity contribution in [1.29, 1.82) is 0 Å². The summed E-state index contributed by atoms with van der Waals surface area (Å²) in [7, 11) is -1.55. The van der Waals surface area contributed by atoms with Gasteiger partial charge in [-0.2, -0.15) is 0 Å². The van der Waals surface area contributed by atoms with Gasteiger partial charge >= 0.3 is 11.9 Å². The summed E-state index contributed by atoms with van der Waals surface area (Å²) < 4.78 is 10.4. The molecule has 0 bridgehead atoms. The molecule has 1 saturated carbocycles. The highest BCUT2D eigenvalue weighted by Crippen LogP contribution is 2.37. The summed E-state index contributed by atoms with van der Waals surface area (Å²) >= 11 is 0. The number of hydrogen-bond donors (Lipinski definition) is 1. The van der Waals surface area contributed by atoms with E-state index in [-0.39, 0.29) is 31.3 Å². The van der Waals surface area contributed by atoms with E-state index in [1.54, 1.807) is 0 Å². The van der Waals surface area contributed by atoms with Crippen LogP contribution in [0.5, 0.6) is 0 Å². The summed E-state index contributed by atoms with van der Waals surface area (Å²) in [6, 6.07) is 10.8. The molecule has 1 aromatic rings. The minimum Gasteiger partial charge on any atom is -0.396 e. The predicted molar refractivity (Wildman–Crippen MR) is 152 cm³/mol. The summed E-state index contributed by atoms with van der Waals surface area (Å²) in [5.74, 6) is 0.752. The molecule has 6 heteroatoms. The summed E-state index contributed by atoms with van der Waals surface area (Å²) in [5, 5.41) is 11.3. The lowest BCUT2D eigenvalue weighted by atomic mass is 9.77. The van der Waals surface area contributed by atoms with Gasteiger partial charge in [0.05, 0.1) is 34.1 Å². The molecule has 1 N–H and O–H groups in total. The van der Waals surface area contributed by atoms with E-state index in [9.17, 15) is 14.7 Å². The van der Waals surface area contributed by atoms with Crippen molar-refractivity contribution in [3.63, 3.8) is 0 Å². The first kappa shape index (κ1) is 30.0. The number of aliphatic hydroxyl groups is 1. The maximum atomic E-state index is 11.4. The Bertz CT molecular complexity index is 813. The monoisotopic (exact) mass is 530 g/mol. The smallest absolute Gasteiger partial charge is 0.313 e. The third kappa shape index (κ3) is 9.95. The number of carbonyl (C=O) groups excluding carboxylic acids is 2. The fourth-order valence-electron chi connectivity index (χ4n) is 6.15. The van der Waals surface area contributed by atoms with E-state index in [4.69, 9.17) is 4.74 Å². The first-order valence-corrected chi connectivity index (χ1v) is 18.0. The van der Waals surface area contributed by atoms with E-state index in [0.29, 0.717) is 13.2 Å². The van der Waals surface area contributed by atoms with Crippen molar-refractivity contribution in [1.82, 2.24) is 0 Å². The maximum absolute atomic E-state index is 11.4. The van der Waals surface area contributed by atoms with Crippen LogP contribution in [0.15, 0.2) is 24.3 Å². The lowest BCUT2D eigenvalue weighted by Crippen LogP contribution is -2.41. The zero-order chi connectivity index (χ0) is 26.7. The molecule has 0 aromatic heterocycles. The number of rotatable bonds is 15. The van der Waals surface area contributed by atoms with Crippen LogP contribution in [0.1, 0.15) is 95.5 Å². The largest absolute Gasteiger partial charge is 0.396 e. The molecule has 2 aliphatic rings. The van der Waals surface area contributed by atoms with Crippen LogP contribution in [0.2, 0.25) is 19.1 Å². The summed E-state index contributed by atoms with van der Waals surface area (Å²) in [4.78, 5) is 22.8. The number of cyclic esters (lactones) is 2. The molecule has 1 aliphatic carbocycles. The topological polar surface area (TPSA) is 72.8 Å². The molecule has 37 heavy (non-hydrogen) atoms. The number of carbonyl (C=O) groups is 2. The standard InChI is InChI=1S/C31H50O5Si/c1-4-5-6-8-24-10-12-27(13-11-24)28-14-16-29(17-15-28)37(2,3)18-7-9-25(21-32)22-35-23-26-19-30(33)36-31(34)20-26/h14-17,24-27,32H,4-13,18-23H2,1-3H3. The van der Waals surface area contributed by atoms with Gasteiger partial charge in [-0.05, 0) is 49.5 Å². The van der Waals surface area contributed by atoms with Gasteiger partial charge < -0.3 is 14.6 Å². The van der Waals surface area contributed by atoms with Crippen LogP contribution in [0.25, 0.3) is 0 Å². The lowest BCUT2D eigenvalue weighted by Gasteiger charge is -2.30. The van der Waals surface area contributed by atoms with Crippen molar-refractivity contribution in [3.05, 3.63) is 29.8 Å². The van der Waals surface area contributed by atoms with Gasteiger partial charge in [-0.25, -0.2) is 0 Å². The molecule has 3 rings (SSSR count). The van der Waals surface area contributed by atoms with E-state index < -0.39 is 20.0 Å². The van der Waals surface area contributed by atoms with Crippen LogP contribution < -0.4 is 5.19 Å². The normalized spacial score (nSPS) is 22.2. The van der Waals surface area contributed by atoms with E-state index in [0.717, 1.165) is 24.7 Å². The highest BCUT2D eigenvalue weighted by atomic mass is 28.3. The molecule has 208 valence electrons. The predicted octanol–water partition coefficient (Wildman–Crippen LogP) is 6.34. The van der Waals surface area contributed by atoms with Crippen molar-refractivity contribution in [2.45, 2.75) is 109 Å². The third-order valence-electron chi connectivity index (χ3n) is 8.74. The number of esters is 2. The highest BCUT2D eigenvalue weighted by molar-refractivity contribution is 6.89. The second kappa shape index (κ2) is 15.2. The first-order chi connectivity index (χ1) is 17.8. The Morgan fingerprint density at radius 1 is 0.973 bits per heavy atom. The SMILES string of the molecule is CCCCCC1CCC(c2ccc([Si](C)(C)CCCC(CO)COCC3CC(=O)OC(=O)C3)cc2)CC1. The Morgan fingerprint density at radius 3 is 2.27 bits per heavy atom. The average molecular weight is 531 g/mol. The minimum absolute atomic E-state index is 0.0931. The molecule has 1 unspecified atom stereocenters. The summed E-state index contributed by atoms with van der Waals surface area (Å²) in [5.41, 5.74) is 1.53. The molecule has 0 amide bonds. The molecule has 1 saturated heterocycles. The quantitative estimate of drug-likeness (QED) is 0.124. The third-order valence-corrected chi connectivity index (χ3v) is 12.2. The Morgan fingerprint density at radius 2 is 1.65 bits per heavy atom. The average Bonchev–Trinajstić information content (AvgIpc) is 2.88. The fourth-order valence-corrected chi connectivity index (χ4v) is 8.60. The zero-order valence-electron chi connectivity index (χ0n) is 23.5. The van der Waals surface area contributed by atoms with Crippen LogP contribution in [-0.4, -0.2) is 44.9 Å². The minimum atomic E-state index is -1.55. The van der Waals surface area contributed by atoms with Crippen LogP contribution in [0.4, 0.5) is 0 Å². The van der Waals surface area contributed by atoms with E-state index in [2.05, 4.69) is 49.0 Å². The van der Waals surface area contributed by atoms with Crippen LogP contribution in [0, 0.1) is 17.8 Å². The zero-order valence-corrected chi connectivity index (χ0v) is 24.5. The maximum Gasteiger partial charge on any atom is 0.313 e. The Hall–Kier alpha value is -1.50. The molecule has 0 radical (unpaired) electrons. The van der Waals surface area contributed by atoms with E-state index in [1.807, 2.05) is 0 Å². The Kier molecular flexibility index (Phi) is 12.3. The Balaban J connectivity index is 1.38. The van der Waals surface area contributed by atoms with Gasteiger partial charge in [0.1, 0.15) is 0 Å². The van der Waals surface area contributed by atoms with Crippen molar-refractivity contribution >= 4 is 25.2 Å². The van der Waals surface area contributed by atoms with Gasteiger partial charge in [0.15, 0.2) is 0 Å². The van der Waals surface area contributed by atoms with Gasteiger partial charge in [-0.3, -0.25) is 9.59 Å². The number of aliphatic hydroxyl groups excluding tert-OH is 1. The molecule has 1 atom stereocenters. The van der Waals surface area contributed by atoms with Crippen LogP contribution in [-0.2, 0) is 19.1 Å². The molecular weight excluding hydrogens is 480 g/mol. The van der Waals surface area contributed by atoms with E-state index >= 15 is 0 Å². The number of benzene rings is 1. The number of unbranched alkanes of at least 4 members (excludes halogenated alkanes) is 2. The number of hydrogen-bond acceptors (Lipinski definition) is 5. The molecule has 5 nitrogen and oxygen atoms in total. The number of ether oxygens (including phenoxy) is 2. The van der Waals surface area contributed by atoms with Crippen molar-refractivity contribution < 1.29 is 24.2 Å². The Labute approximate surface area is 225 Å². The van der Waals surface area contributed by atoms with Gasteiger partial charge in [0.25, 0.3) is 0 Å². The molecule has 1 heterocycles. The van der Waals surface area contributed by atoms with Gasteiger partial charge in [-0.15, -0.1) is 0 Å². The highest BCUT2D eigenvalue weighted by Gasteiger charge is 2.28. The van der Waals surface area contributed by atoms with Crippen LogP contribution >= 0.6 is 0 Å². The van der Waals surface area contributed by atoms with Crippen molar-refractivity contribution in [3.8, 4) is 0 Å². The molecular formula is C31H50O5Si. The lowest BCUT2D eigenvalue weighted by molar-refractivity contribution is -0.166. The van der Waals surface area contributed by atoms with Crippen LogP contribution in [0.3, 0.4) is 0 Å². The molecule has 1 aromatic carbocycles. The fraction of sp³-hybridized carbons (Fsp3) is 0.742. The van der Waals surface area contributed by atoms with E-state index in [1.165, 1.54) is 68.2 Å². The first-order valence-electron chi connectivity index (χ1n) is 14.8. The van der Waals surface area contributed by atoms with Gasteiger partial charge in [0.2, 0.25) is 0 Å². The van der Waals surface area contributed by atoms with Crippen molar-refractivity contribution in [2.75, 3.05) is 19.8 Å². The summed E-state index contributed by atoms with van der Waals surface area (Å²) in [6.07, 6.45) is 13.5. The summed E-state index contributed by atoms with van der Waals surface area (Å²) in [6.45, 7) is 8.13. The second-order valence-corrected chi connectivity index (χ2v) is 17.2. The van der Waals surface area contributed by atoms with Gasteiger partial charge in [-0.1, -0.05) is 87.6 Å². The molecule has 2 fully saturated rings.